The third kappa shape index (κ3) is 4.00. The van der Waals surface area contributed by atoms with E-state index in [1.165, 1.54) is 6.33 Å². The number of likely N-dealkylation sites (tertiary alicyclic amines) is 1. The van der Waals surface area contributed by atoms with Gasteiger partial charge in [-0.05, 0) is 37.7 Å². The van der Waals surface area contributed by atoms with Crippen molar-refractivity contribution in [1.82, 2.24) is 24.8 Å². The molecule has 0 radical (unpaired) electrons. The highest BCUT2D eigenvalue weighted by molar-refractivity contribution is 5.92. The lowest BCUT2D eigenvalue weighted by Gasteiger charge is -2.20. The molecular weight excluding hydrogens is 292 g/mol. The smallest absolute Gasteiger partial charge is 0.272 e. The molecule has 0 aliphatic carbocycles. The third-order valence-corrected chi connectivity index (χ3v) is 4.16. The minimum atomic E-state index is -0.0136. The molecule has 0 aromatic carbocycles. The molecule has 1 amide bonds. The minimum Gasteiger partial charge on any atom is -0.382 e. The second-order valence-corrected chi connectivity index (χ2v) is 5.82. The molecule has 1 atom stereocenters. The lowest BCUT2D eigenvalue weighted by molar-refractivity contribution is 0.0754. The van der Waals surface area contributed by atoms with Crippen molar-refractivity contribution in [2.75, 3.05) is 18.8 Å². The quantitative estimate of drug-likeness (QED) is 0.918. The molecule has 0 saturated carbocycles. The van der Waals surface area contributed by atoms with Gasteiger partial charge in [-0.25, -0.2) is 15.0 Å². The van der Waals surface area contributed by atoms with E-state index >= 15 is 0 Å². The second-order valence-electron chi connectivity index (χ2n) is 5.82. The van der Waals surface area contributed by atoms with Gasteiger partial charge in [0.25, 0.3) is 5.91 Å². The van der Waals surface area contributed by atoms with Crippen LogP contribution in [-0.4, -0.2) is 43.8 Å². The Kier molecular flexibility index (Phi) is 4.75. The van der Waals surface area contributed by atoms with Crippen molar-refractivity contribution in [3.8, 4) is 0 Å². The number of nitrogen functional groups attached to an aromatic ring is 1. The van der Waals surface area contributed by atoms with Crippen molar-refractivity contribution in [1.29, 1.82) is 0 Å². The maximum Gasteiger partial charge on any atom is 0.272 e. The van der Waals surface area contributed by atoms with E-state index in [-0.39, 0.29) is 5.91 Å². The fraction of sp³-hybridized carbons (Fsp3) is 0.438. The minimum absolute atomic E-state index is 0.0136. The molecule has 120 valence electrons. The fourth-order valence-corrected chi connectivity index (χ4v) is 2.92. The van der Waals surface area contributed by atoms with Crippen LogP contribution in [0, 0.1) is 5.92 Å². The lowest BCUT2D eigenvalue weighted by Crippen LogP contribution is -2.32. The van der Waals surface area contributed by atoms with Crippen molar-refractivity contribution >= 4 is 11.7 Å². The standard InChI is InChI=1S/C16H20N6O/c17-15-10-19-13(9-20-15)8-12-2-1-6-22(7-4-12)16(23)14-3-5-18-11-21-14/h3,5,9-12H,1-2,4,6-8H2,(H2,17,20)/t12-/m0/s1. The Balaban J connectivity index is 1.59. The van der Waals surface area contributed by atoms with Crippen molar-refractivity contribution in [2.24, 2.45) is 5.92 Å². The number of amides is 1. The molecule has 2 aromatic heterocycles. The maximum atomic E-state index is 12.5. The topological polar surface area (TPSA) is 97.9 Å². The first-order valence-corrected chi connectivity index (χ1v) is 7.84. The largest absolute Gasteiger partial charge is 0.382 e. The Morgan fingerprint density at radius 2 is 2.13 bits per heavy atom. The van der Waals surface area contributed by atoms with E-state index in [1.807, 2.05) is 4.90 Å². The normalized spacial score (nSPS) is 18.4. The van der Waals surface area contributed by atoms with Crippen molar-refractivity contribution < 1.29 is 4.79 Å². The van der Waals surface area contributed by atoms with E-state index in [0.29, 0.717) is 17.4 Å². The predicted molar refractivity (Wildman–Crippen MR) is 85.4 cm³/mol. The van der Waals surface area contributed by atoms with Crippen LogP contribution in [0.15, 0.2) is 31.0 Å². The summed E-state index contributed by atoms with van der Waals surface area (Å²) < 4.78 is 0. The summed E-state index contributed by atoms with van der Waals surface area (Å²) >= 11 is 0. The average molecular weight is 312 g/mol. The van der Waals surface area contributed by atoms with E-state index < -0.39 is 0 Å². The van der Waals surface area contributed by atoms with E-state index in [4.69, 9.17) is 5.73 Å². The number of anilines is 1. The van der Waals surface area contributed by atoms with Crippen molar-refractivity contribution in [3.05, 3.63) is 42.4 Å². The molecule has 0 spiro atoms. The zero-order chi connectivity index (χ0) is 16.1. The van der Waals surface area contributed by atoms with Crippen LogP contribution in [-0.2, 0) is 6.42 Å². The van der Waals surface area contributed by atoms with Gasteiger partial charge in [0.2, 0.25) is 0 Å². The zero-order valence-electron chi connectivity index (χ0n) is 12.9. The molecule has 2 N–H and O–H groups in total. The average Bonchev–Trinajstić information content (AvgIpc) is 2.83. The van der Waals surface area contributed by atoms with Crippen LogP contribution in [0.2, 0.25) is 0 Å². The maximum absolute atomic E-state index is 12.5. The molecule has 7 heteroatoms. The fourth-order valence-electron chi connectivity index (χ4n) is 2.92. The van der Waals surface area contributed by atoms with Gasteiger partial charge in [0.15, 0.2) is 0 Å². The predicted octanol–water partition coefficient (Wildman–Crippen LogP) is 1.33. The SMILES string of the molecule is Nc1cnc(C[C@H]2CCCN(C(=O)c3ccncn3)CC2)cn1. The first-order valence-electron chi connectivity index (χ1n) is 7.84. The molecule has 3 heterocycles. The molecule has 1 saturated heterocycles. The molecule has 3 rings (SSSR count). The Morgan fingerprint density at radius 3 is 2.87 bits per heavy atom. The second kappa shape index (κ2) is 7.13. The molecule has 1 aliphatic rings. The molecule has 1 aliphatic heterocycles. The molecule has 23 heavy (non-hydrogen) atoms. The molecule has 7 nitrogen and oxygen atoms in total. The number of hydrogen-bond donors (Lipinski definition) is 1. The van der Waals surface area contributed by atoms with Crippen molar-refractivity contribution in [3.63, 3.8) is 0 Å². The first-order chi connectivity index (χ1) is 11.2. The van der Waals surface area contributed by atoms with Crippen LogP contribution >= 0.6 is 0 Å². The van der Waals surface area contributed by atoms with Gasteiger partial charge in [-0.2, -0.15) is 0 Å². The lowest BCUT2D eigenvalue weighted by atomic mass is 9.95. The Morgan fingerprint density at radius 1 is 1.22 bits per heavy atom. The van der Waals surface area contributed by atoms with E-state index in [1.54, 1.807) is 24.7 Å². The van der Waals surface area contributed by atoms with Gasteiger partial charge in [0.05, 0.1) is 18.1 Å². The zero-order valence-corrected chi connectivity index (χ0v) is 12.9. The van der Waals surface area contributed by atoms with Crippen LogP contribution < -0.4 is 5.73 Å². The molecule has 0 unspecified atom stereocenters. The highest BCUT2D eigenvalue weighted by Gasteiger charge is 2.22. The third-order valence-electron chi connectivity index (χ3n) is 4.16. The van der Waals surface area contributed by atoms with Gasteiger partial charge < -0.3 is 10.6 Å². The van der Waals surface area contributed by atoms with E-state index in [2.05, 4.69) is 19.9 Å². The van der Waals surface area contributed by atoms with Gasteiger partial charge in [0, 0.05) is 19.3 Å². The molecule has 0 bridgehead atoms. The van der Waals surface area contributed by atoms with Crippen LogP contribution in [0.5, 0.6) is 0 Å². The van der Waals surface area contributed by atoms with Gasteiger partial charge in [0.1, 0.15) is 17.8 Å². The summed E-state index contributed by atoms with van der Waals surface area (Å²) in [5.41, 5.74) is 6.98. The van der Waals surface area contributed by atoms with E-state index in [0.717, 1.165) is 44.5 Å². The van der Waals surface area contributed by atoms with Crippen molar-refractivity contribution in [2.45, 2.75) is 25.7 Å². The van der Waals surface area contributed by atoms with Gasteiger partial charge in [-0.15, -0.1) is 0 Å². The summed E-state index contributed by atoms with van der Waals surface area (Å²) in [6.45, 7) is 1.52. The van der Waals surface area contributed by atoms with Crippen LogP contribution in [0.25, 0.3) is 0 Å². The number of hydrogen-bond acceptors (Lipinski definition) is 6. The number of carbonyl (C=O) groups is 1. The highest BCUT2D eigenvalue weighted by Crippen LogP contribution is 2.22. The number of nitrogens with two attached hydrogens (primary N) is 1. The number of nitrogens with zero attached hydrogens (tertiary/aromatic N) is 5. The Labute approximate surface area is 135 Å². The highest BCUT2D eigenvalue weighted by atomic mass is 16.2. The molecular formula is C16H20N6O. The van der Waals surface area contributed by atoms with Gasteiger partial charge >= 0.3 is 0 Å². The summed E-state index contributed by atoms with van der Waals surface area (Å²) in [5.74, 6) is 0.938. The first kappa shape index (κ1) is 15.3. The summed E-state index contributed by atoms with van der Waals surface area (Å²) in [5, 5.41) is 0. The van der Waals surface area contributed by atoms with Gasteiger partial charge in [-0.1, -0.05) is 0 Å². The number of aromatic nitrogens is 4. The summed E-state index contributed by atoms with van der Waals surface area (Å²) in [7, 11) is 0. The van der Waals surface area contributed by atoms with Crippen LogP contribution in [0.4, 0.5) is 5.82 Å². The Bertz CT molecular complexity index is 645. The molecule has 2 aromatic rings. The molecule has 1 fully saturated rings. The van der Waals surface area contributed by atoms with Crippen LogP contribution in [0.1, 0.15) is 35.4 Å². The summed E-state index contributed by atoms with van der Waals surface area (Å²) in [6.07, 6.45) is 10.3. The monoisotopic (exact) mass is 312 g/mol. The van der Waals surface area contributed by atoms with Gasteiger partial charge in [-0.3, -0.25) is 9.78 Å². The van der Waals surface area contributed by atoms with Crippen LogP contribution in [0.3, 0.4) is 0 Å². The van der Waals surface area contributed by atoms with E-state index in [9.17, 15) is 4.79 Å². The number of rotatable bonds is 3. The summed E-state index contributed by atoms with van der Waals surface area (Å²) in [4.78, 5) is 30.6. The Hall–Kier alpha value is -2.57. The summed E-state index contributed by atoms with van der Waals surface area (Å²) in [6, 6.07) is 1.66. The number of carbonyl (C=O) groups excluding carboxylic acids is 1.